The minimum atomic E-state index is -1.95. The highest BCUT2D eigenvalue weighted by atomic mass is 35.5. The largest absolute Gasteiger partial charge is 0.394 e. The number of hydrogen-bond acceptors (Lipinski definition) is 18. The quantitative estimate of drug-likeness (QED) is 0.0247. The number of benzene rings is 5. The van der Waals surface area contributed by atoms with Gasteiger partial charge in [-0.1, -0.05) is 110 Å². The van der Waals surface area contributed by atoms with E-state index in [9.17, 15) is 72.2 Å². The fourth-order valence-electron chi connectivity index (χ4n) is 13.0. The van der Waals surface area contributed by atoms with Gasteiger partial charge in [-0.15, -0.1) is 0 Å². The third-order valence-electron chi connectivity index (χ3n) is 18.8. The Morgan fingerprint density at radius 3 is 1.50 bits per heavy atom. The number of hydrogen-bond donors (Lipinski definition) is 17. The topological polar surface area (TPSA) is 530 Å². The molecule has 0 radical (unpaired) electrons. The van der Waals surface area contributed by atoms with Crippen molar-refractivity contribution in [3.8, 4) is 0 Å². The molecule has 2 saturated heterocycles. The number of rotatable bonds is 38. The number of nitrogens with two attached hydrogens (primary N) is 2. The Morgan fingerprint density at radius 1 is 0.526 bits per heavy atom. The lowest BCUT2D eigenvalue weighted by molar-refractivity contribution is -0.143. The number of nitrogens with one attached hydrogen (secondary N) is 14. The normalized spacial score (nSPS) is 16.1. The molecule has 8 rings (SSSR count). The number of fused-ring (bicyclic) bond motifs is 1. The molecule has 36 heteroatoms. The molecule has 18 amide bonds. The summed E-state index contributed by atoms with van der Waals surface area (Å²) < 4.78 is 0. The maximum absolute atomic E-state index is 15.4. The van der Waals surface area contributed by atoms with E-state index < -0.39 is 193 Å². The fourth-order valence-corrected chi connectivity index (χ4v) is 13.1. The molecule has 616 valence electrons. The average molecular weight is 1620 g/mol. The van der Waals surface area contributed by atoms with Gasteiger partial charge in [0.2, 0.25) is 82.7 Å². The fraction of sp³-hybridized carbons (Fsp3) is 0.388. The molecule has 1 aromatic heterocycles. The van der Waals surface area contributed by atoms with E-state index in [2.05, 4.69) is 74.1 Å². The van der Waals surface area contributed by atoms with Crippen LogP contribution in [-0.4, -0.2) is 195 Å². The van der Waals surface area contributed by atoms with Crippen LogP contribution in [-0.2, 0) is 99.2 Å². The second-order valence-corrected chi connectivity index (χ2v) is 29.5. The number of halogens is 1. The summed E-state index contributed by atoms with van der Waals surface area (Å²) in [7, 11) is 0. The Morgan fingerprint density at radius 2 is 1.00 bits per heavy atom. The van der Waals surface area contributed by atoms with E-state index in [0.717, 1.165) is 10.8 Å². The van der Waals surface area contributed by atoms with Crippen LogP contribution >= 0.6 is 11.6 Å². The lowest BCUT2D eigenvalue weighted by atomic mass is 9.99. The molecule has 0 saturated carbocycles. The third-order valence-corrected chi connectivity index (χ3v) is 19.1. The number of urea groups is 2. The molecule has 11 atom stereocenters. The summed E-state index contributed by atoms with van der Waals surface area (Å²) in [5.74, 6) is -12.5. The number of carbonyl (C=O) groups is 16. The Labute approximate surface area is 673 Å². The third kappa shape index (κ3) is 27.2. The molecule has 116 heavy (non-hydrogen) atoms. The zero-order chi connectivity index (χ0) is 84.4. The van der Waals surface area contributed by atoms with Crippen molar-refractivity contribution in [2.45, 2.75) is 178 Å². The molecule has 0 unspecified atom stereocenters. The Kier molecular flexibility index (Phi) is 32.3. The second kappa shape index (κ2) is 42.3. The molecule has 5 aromatic carbocycles. The van der Waals surface area contributed by atoms with Gasteiger partial charge in [0.15, 0.2) is 0 Å². The zero-order valence-corrected chi connectivity index (χ0v) is 65.4. The highest BCUT2D eigenvalue weighted by molar-refractivity contribution is 6.30. The first-order valence-electron chi connectivity index (χ1n) is 37.6. The monoisotopic (exact) mass is 1620 g/mol. The lowest BCUT2D eigenvalue weighted by Crippen LogP contribution is -2.62. The van der Waals surface area contributed by atoms with Crippen LogP contribution in [0.1, 0.15) is 101 Å². The number of aromatic nitrogens is 1. The second-order valence-electron chi connectivity index (χ2n) is 29.1. The molecule has 0 spiro atoms. The summed E-state index contributed by atoms with van der Waals surface area (Å²) in [5, 5.41) is 49.1. The van der Waals surface area contributed by atoms with E-state index in [1.165, 1.54) is 79.7 Å². The smallest absolute Gasteiger partial charge is 0.322 e. The van der Waals surface area contributed by atoms with Crippen molar-refractivity contribution in [1.82, 2.24) is 73.7 Å². The molecule has 6 aromatic rings. The number of aliphatic hydroxyl groups is 1. The number of aliphatic hydroxyl groups excluding tert-OH is 1. The highest BCUT2D eigenvalue weighted by Gasteiger charge is 2.42. The molecule has 3 heterocycles. The molecular formula is C80H97ClN18O17. The van der Waals surface area contributed by atoms with E-state index in [-0.39, 0.29) is 67.9 Å². The first-order valence-corrected chi connectivity index (χ1v) is 38.0. The van der Waals surface area contributed by atoms with E-state index in [1.807, 2.05) is 41.7 Å². The van der Waals surface area contributed by atoms with Crippen molar-refractivity contribution in [2.24, 2.45) is 17.4 Å². The maximum atomic E-state index is 15.4. The first kappa shape index (κ1) is 88.6. The van der Waals surface area contributed by atoms with Crippen molar-refractivity contribution >= 4 is 129 Å². The van der Waals surface area contributed by atoms with E-state index >= 15 is 9.59 Å². The number of imide groups is 1. The van der Waals surface area contributed by atoms with Crippen LogP contribution < -0.4 is 85.9 Å². The van der Waals surface area contributed by atoms with Crippen LogP contribution in [0, 0.1) is 5.92 Å². The van der Waals surface area contributed by atoms with E-state index in [4.69, 9.17) is 23.1 Å². The van der Waals surface area contributed by atoms with Gasteiger partial charge in [-0.25, -0.2) is 9.59 Å². The van der Waals surface area contributed by atoms with Crippen LogP contribution in [0.4, 0.5) is 21.0 Å². The average Bonchev–Trinajstić information content (AvgIpc) is 1.75. The van der Waals surface area contributed by atoms with Crippen molar-refractivity contribution in [1.29, 1.82) is 0 Å². The predicted molar refractivity (Wildman–Crippen MR) is 425 cm³/mol. The summed E-state index contributed by atoms with van der Waals surface area (Å²) >= 11 is 6.26. The minimum Gasteiger partial charge on any atom is -0.394 e. The Hall–Kier alpha value is -12.9. The number of primary amides is 2. The molecule has 0 aliphatic carbocycles. The van der Waals surface area contributed by atoms with Crippen LogP contribution in [0.3, 0.4) is 0 Å². The van der Waals surface area contributed by atoms with Crippen LogP contribution in [0.25, 0.3) is 10.8 Å². The molecule has 2 fully saturated rings. The summed E-state index contributed by atoms with van der Waals surface area (Å²) in [5.41, 5.74) is 13.3. The van der Waals surface area contributed by atoms with Gasteiger partial charge in [-0.05, 0) is 127 Å². The standard InChI is InChI=1S/C80H97ClN18O17/c1-42(2)31-56(70(106)95-63(39-66(102)85-43(3)4)78(114)99-30-10-14-65(99)77(113)86-44(5)68(82)104)90-72(108)59(34-48-20-27-55(28-21-48)89-79(83)115)92-74(110)60(35-47-18-25-54(26-19-47)88-69(105)62-38-67(103)98-80(116)97-62)94-76(112)64(41-100)96-75(111)61(37-50-11-9-29-84-40-50)93-73(109)58(33-46-16-23-53(81)24-17-46)91-71(107)57(87-45(6)101)36-49-15-22-51-12-7-8-13-52(51)32-49/h7-9,11-13,15-29,32,40,42-44,56-65,100H,10,14,30-31,33-39,41H2,1-6H3,(H2,82,104)(H,85,102)(H,86,113)(H,87,101)(H,88,105)(H,90,108)(H,91,107)(H,92,110)(H,93,109)(H,94,112)(H,95,106)(H,96,111)(H3,83,89,115)(H2,97,98,103,116)/t44-,56+,57-,58-,59+,60+,61+,62+,63+,64+,65+/m1/s1. The van der Waals surface area contributed by atoms with Crippen LogP contribution in [0.2, 0.25) is 5.02 Å². The number of pyridine rings is 1. The number of amides is 18. The number of nitrogens with zero attached hydrogens (tertiary/aromatic N) is 2. The first-order chi connectivity index (χ1) is 55.2. The Balaban J connectivity index is 1.10. The maximum Gasteiger partial charge on any atom is 0.322 e. The van der Waals surface area contributed by atoms with Gasteiger partial charge in [0.1, 0.15) is 66.5 Å². The molecule has 35 nitrogen and oxygen atoms in total. The number of anilines is 2. The van der Waals surface area contributed by atoms with Crippen molar-refractivity contribution in [2.75, 3.05) is 23.8 Å². The molecular weight excluding hydrogens is 1520 g/mol. The van der Waals surface area contributed by atoms with Gasteiger partial charge < -0.3 is 90.6 Å². The van der Waals surface area contributed by atoms with E-state index in [0.29, 0.717) is 33.7 Å². The molecule has 2 aliphatic heterocycles. The SMILES string of the molecule is CC(=O)N[C@H](Cc1ccc2ccccc2c1)C(=O)N[C@H](Cc1ccc(Cl)cc1)C(=O)N[C@@H](Cc1cccnc1)C(=O)N[C@@H](CO)C(=O)N[C@@H](Cc1ccc(NC(=O)[C@@H]2CC(=O)NC(=O)N2)cc1)C(=O)N[C@@H](Cc1ccc(NC(N)=O)cc1)C(=O)N[C@@H](CC(C)C)C(=O)N[C@@H](CC(=O)NC(C)C)C(=O)N1CCC[C@H]1C(=O)N[C@H](C)C(N)=O. The van der Waals surface area contributed by atoms with E-state index in [1.54, 1.807) is 70.2 Å². The van der Waals surface area contributed by atoms with Gasteiger partial charge in [-0.2, -0.15) is 0 Å². The van der Waals surface area contributed by atoms with Gasteiger partial charge in [0.05, 0.1) is 19.4 Å². The van der Waals surface area contributed by atoms with Gasteiger partial charge in [0, 0.05) is 80.4 Å². The highest BCUT2D eigenvalue weighted by Crippen LogP contribution is 2.23. The predicted octanol–water partition coefficient (Wildman–Crippen LogP) is 0.261. The lowest BCUT2D eigenvalue weighted by Gasteiger charge is -2.31. The van der Waals surface area contributed by atoms with Crippen LogP contribution in [0.5, 0.6) is 0 Å². The zero-order valence-electron chi connectivity index (χ0n) is 64.7. The Bertz CT molecular complexity index is 4580. The molecule has 19 N–H and O–H groups in total. The van der Waals surface area contributed by atoms with Crippen LogP contribution in [0.15, 0.2) is 140 Å². The molecule has 2 aliphatic rings. The summed E-state index contributed by atoms with van der Waals surface area (Å²) in [4.78, 5) is 226. The number of likely N-dealkylation sites (tertiary alicyclic amines) is 1. The summed E-state index contributed by atoms with van der Waals surface area (Å²) in [6, 6.07) is 15.5. The molecule has 0 bridgehead atoms. The van der Waals surface area contributed by atoms with Crippen molar-refractivity contribution in [3.63, 3.8) is 0 Å². The van der Waals surface area contributed by atoms with Crippen molar-refractivity contribution in [3.05, 3.63) is 173 Å². The minimum absolute atomic E-state index is 0.00464. The summed E-state index contributed by atoms with van der Waals surface area (Å²) in [6.45, 7) is 8.23. The van der Waals surface area contributed by atoms with Gasteiger partial charge in [0.25, 0.3) is 0 Å². The number of carbonyl (C=O) groups excluding carboxylic acids is 16. The van der Waals surface area contributed by atoms with Crippen molar-refractivity contribution < 1.29 is 81.8 Å². The summed E-state index contributed by atoms with van der Waals surface area (Å²) in [6.07, 6.45) is 0.847. The van der Waals surface area contributed by atoms with Gasteiger partial charge in [-0.3, -0.25) is 77.4 Å². The van der Waals surface area contributed by atoms with Gasteiger partial charge >= 0.3 is 12.1 Å².